The SMILES string of the molecule is CC(NC(=O)NCC(C)N1CCOCC1)c1cccs1. The van der Waals surface area contributed by atoms with E-state index in [2.05, 4.69) is 22.5 Å². The number of carbonyl (C=O) groups excluding carboxylic acids is 1. The second-order valence-corrected chi connectivity index (χ2v) is 6.07. The second-order valence-electron chi connectivity index (χ2n) is 5.09. The molecule has 1 aromatic rings. The van der Waals surface area contributed by atoms with Crippen LogP contribution in [0.15, 0.2) is 17.5 Å². The summed E-state index contributed by atoms with van der Waals surface area (Å²) >= 11 is 1.66. The summed E-state index contributed by atoms with van der Waals surface area (Å²) in [6.07, 6.45) is 0. The van der Waals surface area contributed by atoms with Crippen LogP contribution in [-0.4, -0.2) is 49.8 Å². The highest BCUT2D eigenvalue weighted by Crippen LogP contribution is 2.17. The molecule has 1 fully saturated rings. The quantitative estimate of drug-likeness (QED) is 0.872. The molecule has 2 atom stereocenters. The molecule has 2 heterocycles. The summed E-state index contributed by atoms with van der Waals surface area (Å²) in [5.74, 6) is 0. The number of hydrogen-bond donors (Lipinski definition) is 2. The molecular weight excluding hydrogens is 274 g/mol. The third-order valence-corrected chi connectivity index (χ3v) is 4.60. The predicted octanol–water partition coefficient (Wildman–Crippen LogP) is 1.83. The minimum atomic E-state index is -0.106. The van der Waals surface area contributed by atoms with Crippen LogP contribution < -0.4 is 10.6 Å². The van der Waals surface area contributed by atoms with Crippen LogP contribution in [0.25, 0.3) is 0 Å². The van der Waals surface area contributed by atoms with Gasteiger partial charge in [0, 0.05) is 30.6 Å². The summed E-state index contributed by atoms with van der Waals surface area (Å²) in [5, 5.41) is 7.92. The first-order valence-electron chi connectivity index (χ1n) is 7.06. The predicted molar refractivity (Wildman–Crippen MR) is 81.1 cm³/mol. The molecule has 0 radical (unpaired) electrons. The summed E-state index contributed by atoms with van der Waals surface area (Å²) in [4.78, 5) is 15.4. The molecule has 2 N–H and O–H groups in total. The maximum absolute atomic E-state index is 11.9. The normalized spacial score (nSPS) is 19.3. The van der Waals surface area contributed by atoms with E-state index in [1.165, 1.54) is 4.88 Å². The molecule has 0 aliphatic carbocycles. The van der Waals surface area contributed by atoms with Gasteiger partial charge in [-0.3, -0.25) is 4.90 Å². The smallest absolute Gasteiger partial charge is 0.315 e. The van der Waals surface area contributed by atoms with Gasteiger partial charge in [-0.05, 0) is 25.3 Å². The fourth-order valence-corrected chi connectivity index (χ4v) is 2.98. The maximum Gasteiger partial charge on any atom is 0.315 e. The molecule has 1 saturated heterocycles. The van der Waals surface area contributed by atoms with Crippen LogP contribution in [-0.2, 0) is 4.74 Å². The maximum atomic E-state index is 11.9. The van der Waals surface area contributed by atoms with Crippen molar-refractivity contribution < 1.29 is 9.53 Å². The zero-order valence-electron chi connectivity index (χ0n) is 12.1. The van der Waals surface area contributed by atoms with E-state index in [-0.39, 0.29) is 12.1 Å². The van der Waals surface area contributed by atoms with Crippen molar-refractivity contribution in [2.24, 2.45) is 0 Å². The summed E-state index contributed by atoms with van der Waals surface area (Å²) in [6.45, 7) is 8.23. The fraction of sp³-hybridized carbons (Fsp3) is 0.643. The lowest BCUT2D eigenvalue weighted by Crippen LogP contribution is -2.49. The molecule has 2 unspecified atom stereocenters. The lowest BCUT2D eigenvalue weighted by molar-refractivity contribution is 0.0209. The Morgan fingerprint density at radius 3 is 2.85 bits per heavy atom. The van der Waals surface area contributed by atoms with Gasteiger partial charge >= 0.3 is 6.03 Å². The number of rotatable bonds is 5. The summed E-state index contributed by atoms with van der Waals surface area (Å²) < 4.78 is 5.33. The zero-order chi connectivity index (χ0) is 14.4. The van der Waals surface area contributed by atoms with Crippen molar-refractivity contribution in [3.8, 4) is 0 Å². The van der Waals surface area contributed by atoms with Gasteiger partial charge in [-0.25, -0.2) is 4.79 Å². The Morgan fingerprint density at radius 1 is 1.45 bits per heavy atom. The highest BCUT2D eigenvalue weighted by atomic mass is 32.1. The summed E-state index contributed by atoms with van der Waals surface area (Å²) in [7, 11) is 0. The van der Waals surface area contributed by atoms with Gasteiger partial charge in [0.05, 0.1) is 19.3 Å². The van der Waals surface area contributed by atoms with Gasteiger partial charge in [0.1, 0.15) is 0 Å². The molecule has 0 saturated carbocycles. The highest BCUT2D eigenvalue weighted by molar-refractivity contribution is 7.10. The van der Waals surface area contributed by atoms with Gasteiger partial charge in [0.15, 0.2) is 0 Å². The van der Waals surface area contributed by atoms with Crippen molar-refractivity contribution in [3.63, 3.8) is 0 Å². The molecule has 5 nitrogen and oxygen atoms in total. The van der Waals surface area contributed by atoms with Crippen molar-refractivity contribution in [1.29, 1.82) is 0 Å². The van der Waals surface area contributed by atoms with E-state index < -0.39 is 0 Å². The molecule has 0 spiro atoms. The number of nitrogens with zero attached hydrogens (tertiary/aromatic N) is 1. The second kappa shape index (κ2) is 7.61. The van der Waals surface area contributed by atoms with Crippen LogP contribution in [0.4, 0.5) is 4.79 Å². The molecule has 1 aromatic heterocycles. The van der Waals surface area contributed by atoms with Gasteiger partial charge < -0.3 is 15.4 Å². The standard InChI is InChI=1S/C14H23N3O2S/c1-11(17-5-7-19-8-6-17)10-15-14(18)16-12(2)13-4-3-9-20-13/h3-4,9,11-12H,5-8,10H2,1-2H3,(H2,15,16,18). The molecular formula is C14H23N3O2S. The van der Waals surface area contributed by atoms with E-state index in [0.29, 0.717) is 12.6 Å². The van der Waals surface area contributed by atoms with Gasteiger partial charge in [-0.1, -0.05) is 6.07 Å². The Hall–Kier alpha value is -1.11. The number of urea groups is 1. The van der Waals surface area contributed by atoms with Crippen LogP contribution in [0.3, 0.4) is 0 Å². The first-order chi connectivity index (χ1) is 9.66. The van der Waals surface area contributed by atoms with Crippen LogP contribution in [0.1, 0.15) is 24.8 Å². The topological polar surface area (TPSA) is 53.6 Å². The van der Waals surface area contributed by atoms with Crippen molar-refractivity contribution in [3.05, 3.63) is 22.4 Å². The molecule has 0 bridgehead atoms. The van der Waals surface area contributed by atoms with Gasteiger partial charge in [-0.15, -0.1) is 11.3 Å². The lowest BCUT2D eigenvalue weighted by atomic mass is 10.2. The van der Waals surface area contributed by atoms with Crippen LogP contribution in [0.5, 0.6) is 0 Å². The van der Waals surface area contributed by atoms with Crippen molar-refractivity contribution in [2.75, 3.05) is 32.8 Å². The number of ether oxygens (including phenoxy) is 1. The number of nitrogens with one attached hydrogen (secondary N) is 2. The monoisotopic (exact) mass is 297 g/mol. The first kappa shape index (κ1) is 15.3. The number of carbonyl (C=O) groups is 1. The number of morpholine rings is 1. The van der Waals surface area contributed by atoms with Gasteiger partial charge in [0.2, 0.25) is 0 Å². The van der Waals surface area contributed by atoms with E-state index in [1.807, 2.05) is 24.4 Å². The molecule has 6 heteroatoms. The third kappa shape index (κ3) is 4.47. The molecule has 1 aliphatic rings. The lowest BCUT2D eigenvalue weighted by Gasteiger charge is -2.32. The Labute approximate surface area is 124 Å². The summed E-state index contributed by atoms with van der Waals surface area (Å²) in [5.41, 5.74) is 0. The minimum absolute atomic E-state index is 0.0497. The van der Waals surface area contributed by atoms with Crippen molar-refractivity contribution in [2.45, 2.75) is 25.9 Å². The van der Waals surface area contributed by atoms with Crippen LogP contribution in [0, 0.1) is 0 Å². The Morgan fingerprint density at radius 2 is 2.20 bits per heavy atom. The Bertz CT molecular complexity index is 405. The van der Waals surface area contributed by atoms with E-state index >= 15 is 0 Å². The number of hydrogen-bond acceptors (Lipinski definition) is 4. The molecule has 2 rings (SSSR count). The first-order valence-corrected chi connectivity index (χ1v) is 7.94. The Kier molecular flexibility index (Phi) is 5.82. The van der Waals surface area contributed by atoms with Gasteiger partial charge in [-0.2, -0.15) is 0 Å². The van der Waals surface area contributed by atoms with Crippen molar-refractivity contribution in [1.82, 2.24) is 15.5 Å². The molecule has 0 aromatic carbocycles. The molecule has 20 heavy (non-hydrogen) atoms. The van der Waals surface area contributed by atoms with Crippen LogP contribution >= 0.6 is 11.3 Å². The van der Waals surface area contributed by atoms with Crippen LogP contribution in [0.2, 0.25) is 0 Å². The molecule has 2 amide bonds. The Balaban J connectivity index is 1.69. The van der Waals surface area contributed by atoms with Crippen molar-refractivity contribution >= 4 is 17.4 Å². The largest absolute Gasteiger partial charge is 0.379 e. The van der Waals surface area contributed by atoms with E-state index in [4.69, 9.17) is 4.74 Å². The fourth-order valence-electron chi connectivity index (χ4n) is 2.24. The number of amides is 2. The number of thiophene rings is 1. The summed E-state index contributed by atoms with van der Waals surface area (Å²) in [6, 6.07) is 4.31. The van der Waals surface area contributed by atoms with E-state index in [9.17, 15) is 4.79 Å². The average molecular weight is 297 g/mol. The van der Waals surface area contributed by atoms with E-state index in [0.717, 1.165) is 26.3 Å². The molecule has 112 valence electrons. The average Bonchev–Trinajstić information content (AvgIpc) is 3.00. The minimum Gasteiger partial charge on any atom is -0.379 e. The zero-order valence-corrected chi connectivity index (χ0v) is 12.9. The van der Waals surface area contributed by atoms with Gasteiger partial charge in [0.25, 0.3) is 0 Å². The van der Waals surface area contributed by atoms with E-state index in [1.54, 1.807) is 11.3 Å². The highest BCUT2D eigenvalue weighted by Gasteiger charge is 2.18. The third-order valence-electron chi connectivity index (χ3n) is 3.54. The molecule has 1 aliphatic heterocycles.